The molecule has 2 aromatic carbocycles. The number of rotatable bonds is 4. The molecule has 0 radical (unpaired) electrons. The van der Waals surface area contributed by atoms with E-state index in [1.54, 1.807) is 36.4 Å². The monoisotopic (exact) mass is 364 g/mol. The zero-order valence-corrected chi connectivity index (χ0v) is 13.6. The Morgan fingerprint density at radius 3 is 2.46 bits per heavy atom. The van der Waals surface area contributed by atoms with Gasteiger partial charge < -0.3 is 9.63 Å². The molecule has 3 rings (SSSR count). The quantitative estimate of drug-likeness (QED) is 0.534. The molecule has 1 heterocycles. The van der Waals surface area contributed by atoms with Crippen LogP contribution in [0.25, 0.3) is 22.6 Å². The van der Waals surface area contributed by atoms with E-state index in [0.29, 0.717) is 21.2 Å². The van der Waals surface area contributed by atoms with Crippen molar-refractivity contribution in [1.29, 1.82) is 0 Å². The van der Waals surface area contributed by atoms with Crippen LogP contribution in [0.5, 0.6) is 0 Å². The standard InChI is InChI=1S/C16H10Cl2N2O4/c17-10-5-9(6-11(18)7-10)16-13(8-21)15(19-24-16)12-3-1-2-4-14(12)20(22)23/h1-7,21H,8H2. The lowest BCUT2D eigenvalue weighted by Gasteiger charge is -2.03. The lowest BCUT2D eigenvalue weighted by Crippen LogP contribution is -1.94. The van der Waals surface area contributed by atoms with Crippen molar-refractivity contribution in [3.8, 4) is 22.6 Å². The van der Waals surface area contributed by atoms with E-state index < -0.39 is 11.5 Å². The molecule has 0 spiro atoms. The molecule has 6 nitrogen and oxygen atoms in total. The van der Waals surface area contributed by atoms with Crippen molar-refractivity contribution < 1.29 is 14.6 Å². The van der Waals surface area contributed by atoms with Crippen LogP contribution in [0.4, 0.5) is 5.69 Å². The van der Waals surface area contributed by atoms with E-state index in [1.165, 1.54) is 6.07 Å². The number of para-hydroxylation sites is 1. The molecule has 0 aliphatic rings. The highest BCUT2D eigenvalue weighted by molar-refractivity contribution is 6.35. The van der Waals surface area contributed by atoms with E-state index in [9.17, 15) is 15.2 Å². The number of nitrogens with zero attached hydrogens (tertiary/aromatic N) is 2. The molecular formula is C16H10Cl2N2O4. The number of halogens is 2. The van der Waals surface area contributed by atoms with Crippen molar-refractivity contribution >= 4 is 28.9 Å². The number of nitro benzene ring substituents is 1. The number of aromatic nitrogens is 1. The second-order valence-corrected chi connectivity index (χ2v) is 5.80. The summed E-state index contributed by atoms with van der Waals surface area (Å²) in [4.78, 5) is 10.7. The Bertz CT molecular complexity index is 904. The minimum Gasteiger partial charge on any atom is -0.391 e. The predicted molar refractivity (Wildman–Crippen MR) is 90.0 cm³/mol. The molecule has 0 fully saturated rings. The molecule has 0 amide bonds. The van der Waals surface area contributed by atoms with Gasteiger partial charge in [0, 0.05) is 21.7 Å². The van der Waals surface area contributed by atoms with E-state index in [1.807, 2.05) is 0 Å². The molecule has 0 unspecified atom stereocenters. The van der Waals surface area contributed by atoms with Gasteiger partial charge in [-0.05, 0) is 24.3 Å². The average molecular weight is 365 g/mol. The molecule has 24 heavy (non-hydrogen) atoms. The van der Waals surface area contributed by atoms with E-state index in [4.69, 9.17) is 27.7 Å². The second kappa shape index (κ2) is 6.60. The molecular weight excluding hydrogens is 355 g/mol. The number of nitro groups is 1. The maximum atomic E-state index is 11.2. The lowest BCUT2D eigenvalue weighted by atomic mass is 10.0. The van der Waals surface area contributed by atoms with Gasteiger partial charge in [0.15, 0.2) is 5.76 Å². The summed E-state index contributed by atoms with van der Waals surface area (Å²) < 4.78 is 5.32. The highest BCUT2D eigenvalue weighted by atomic mass is 35.5. The van der Waals surface area contributed by atoms with Crippen LogP contribution >= 0.6 is 23.2 Å². The minimum atomic E-state index is -0.513. The Kier molecular flexibility index (Phi) is 4.53. The average Bonchev–Trinajstić information content (AvgIpc) is 2.97. The first-order valence-corrected chi connectivity index (χ1v) is 7.56. The van der Waals surface area contributed by atoms with E-state index in [2.05, 4.69) is 5.16 Å². The lowest BCUT2D eigenvalue weighted by molar-refractivity contribution is -0.384. The number of aliphatic hydroxyl groups is 1. The first kappa shape index (κ1) is 16.4. The van der Waals surface area contributed by atoms with Gasteiger partial charge in [-0.15, -0.1) is 0 Å². The van der Waals surface area contributed by atoms with Crippen molar-refractivity contribution in [2.24, 2.45) is 0 Å². The third kappa shape index (κ3) is 2.99. The summed E-state index contributed by atoms with van der Waals surface area (Å²) in [7, 11) is 0. The van der Waals surface area contributed by atoms with Crippen LogP contribution in [0.15, 0.2) is 47.0 Å². The molecule has 3 aromatic rings. The van der Waals surface area contributed by atoms with Gasteiger partial charge in [-0.1, -0.05) is 40.5 Å². The Balaban J connectivity index is 2.20. The molecule has 122 valence electrons. The number of hydrogen-bond donors (Lipinski definition) is 1. The summed E-state index contributed by atoms with van der Waals surface area (Å²) in [5.74, 6) is 0.259. The van der Waals surface area contributed by atoms with Gasteiger partial charge in [-0.3, -0.25) is 10.1 Å². The molecule has 0 atom stereocenters. The number of benzene rings is 2. The second-order valence-electron chi connectivity index (χ2n) is 4.93. The van der Waals surface area contributed by atoms with Gasteiger partial charge >= 0.3 is 0 Å². The van der Waals surface area contributed by atoms with Gasteiger partial charge in [-0.2, -0.15) is 0 Å². The number of hydrogen-bond acceptors (Lipinski definition) is 5. The Morgan fingerprint density at radius 2 is 1.83 bits per heavy atom. The molecule has 0 aliphatic carbocycles. The van der Waals surface area contributed by atoms with Crippen LogP contribution in [0.1, 0.15) is 5.56 Å². The Labute approximate surface area is 146 Å². The largest absolute Gasteiger partial charge is 0.391 e. The van der Waals surface area contributed by atoms with E-state index >= 15 is 0 Å². The highest BCUT2D eigenvalue weighted by Crippen LogP contribution is 2.37. The maximum absolute atomic E-state index is 11.2. The molecule has 0 saturated heterocycles. The van der Waals surface area contributed by atoms with E-state index in [0.717, 1.165) is 0 Å². The summed E-state index contributed by atoms with van der Waals surface area (Å²) in [5, 5.41) is 25.7. The molecule has 0 saturated carbocycles. The Morgan fingerprint density at radius 1 is 1.17 bits per heavy atom. The van der Waals surface area contributed by atoms with Gasteiger partial charge in [0.2, 0.25) is 0 Å². The summed E-state index contributed by atoms with van der Waals surface area (Å²) in [5.41, 5.74) is 1.18. The van der Waals surface area contributed by atoms with Crippen LogP contribution in [0.3, 0.4) is 0 Å². The van der Waals surface area contributed by atoms with Gasteiger partial charge in [0.25, 0.3) is 5.69 Å². The predicted octanol–water partition coefficient (Wildman–Crippen LogP) is 4.72. The molecule has 0 aliphatic heterocycles. The smallest absolute Gasteiger partial charge is 0.278 e. The molecule has 1 N–H and O–H groups in total. The fourth-order valence-electron chi connectivity index (χ4n) is 2.41. The summed E-state index contributed by atoms with van der Waals surface area (Å²) in [6, 6.07) is 10.9. The van der Waals surface area contributed by atoms with Crippen LogP contribution in [-0.2, 0) is 6.61 Å². The van der Waals surface area contributed by atoms with Crippen LogP contribution < -0.4 is 0 Å². The third-order valence-corrected chi connectivity index (χ3v) is 3.86. The van der Waals surface area contributed by atoms with Crippen molar-refractivity contribution in [3.63, 3.8) is 0 Å². The fourth-order valence-corrected chi connectivity index (χ4v) is 2.94. The first-order valence-electron chi connectivity index (χ1n) is 6.81. The Hall–Kier alpha value is -2.41. The highest BCUT2D eigenvalue weighted by Gasteiger charge is 2.24. The van der Waals surface area contributed by atoms with Crippen LogP contribution in [-0.4, -0.2) is 15.2 Å². The summed E-state index contributed by atoms with van der Waals surface area (Å²) in [6.07, 6.45) is 0. The van der Waals surface area contributed by atoms with Crippen molar-refractivity contribution in [2.45, 2.75) is 6.61 Å². The van der Waals surface area contributed by atoms with Gasteiger partial charge in [0.05, 0.1) is 22.7 Å². The SMILES string of the molecule is O=[N+]([O-])c1ccccc1-c1noc(-c2cc(Cl)cc(Cl)c2)c1CO. The molecule has 1 aromatic heterocycles. The maximum Gasteiger partial charge on any atom is 0.278 e. The van der Waals surface area contributed by atoms with Gasteiger partial charge in [0.1, 0.15) is 5.69 Å². The first-order chi connectivity index (χ1) is 11.5. The van der Waals surface area contributed by atoms with Crippen molar-refractivity contribution in [1.82, 2.24) is 5.16 Å². The normalized spacial score (nSPS) is 10.8. The summed E-state index contributed by atoms with van der Waals surface area (Å²) in [6.45, 7) is -0.412. The zero-order valence-electron chi connectivity index (χ0n) is 12.1. The topological polar surface area (TPSA) is 89.4 Å². The fraction of sp³-hybridized carbons (Fsp3) is 0.0625. The molecule has 8 heteroatoms. The van der Waals surface area contributed by atoms with Gasteiger partial charge in [-0.25, -0.2) is 0 Å². The minimum absolute atomic E-state index is 0.129. The molecule has 0 bridgehead atoms. The zero-order chi connectivity index (χ0) is 17.3. The van der Waals surface area contributed by atoms with Crippen LogP contribution in [0.2, 0.25) is 10.0 Å². The number of aliphatic hydroxyl groups excluding tert-OH is 1. The van der Waals surface area contributed by atoms with Crippen molar-refractivity contribution in [2.75, 3.05) is 0 Å². The van der Waals surface area contributed by atoms with Crippen LogP contribution in [0, 0.1) is 10.1 Å². The van der Waals surface area contributed by atoms with E-state index in [-0.39, 0.29) is 22.7 Å². The van der Waals surface area contributed by atoms with Crippen molar-refractivity contribution in [3.05, 3.63) is 68.2 Å². The summed E-state index contributed by atoms with van der Waals surface area (Å²) >= 11 is 12.0. The third-order valence-electron chi connectivity index (χ3n) is 3.43.